The number of rotatable bonds is 3. The van der Waals surface area contributed by atoms with Crippen molar-refractivity contribution in [3.05, 3.63) is 53.5 Å². The summed E-state index contributed by atoms with van der Waals surface area (Å²) in [6.07, 6.45) is 2.03. The lowest BCUT2D eigenvalue weighted by Gasteiger charge is -2.30. The zero-order valence-electron chi connectivity index (χ0n) is 16.7. The van der Waals surface area contributed by atoms with Crippen molar-refractivity contribution in [2.24, 2.45) is 0 Å². The van der Waals surface area contributed by atoms with Crippen molar-refractivity contribution in [1.29, 1.82) is 0 Å². The van der Waals surface area contributed by atoms with Crippen LogP contribution in [0.25, 0.3) is 5.65 Å². The van der Waals surface area contributed by atoms with Crippen molar-refractivity contribution < 1.29 is 9.53 Å². The third-order valence-corrected chi connectivity index (χ3v) is 6.02. The van der Waals surface area contributed by atoms with E-state index in [1.165, 1.54) is 0 Å². The monoisotopic (exact) mass is 392 g/mol. The number of ether oxygens (including phenoxy) is 1. The minimum Gasteiger partial charge on any atom is -0.374 e. The Balaban J connectivity index is 1.49. The first kappa shape index (κ1) is 18.1. The van der Waals surface area contributed by atoms with Gasteiger partial charge in [-0.15, -0.1) is 10.2 Å². The lowest BCUT2D eigenvalue weighted by Crippen LogP contribution is -2.45. The molecule has 29 heavy (non-hydrogen) atoms. The van der Waals surface area contributed by atoms with Crippen molar-refractivity contribution in [3.8, 4) is 0 Å². The van der Waals surface area contributed by atoms with Crippen LogP contribution in [0.5, 0.6) is 0 Å². The molecule has 2 saturated heterocycles. The van der Waals surface area contributed by atoms with Gasteiger partial charge in [0.25, 0.3) is 0 Å². The van der Waals surface area contributed by atoms with Crippen LogP contribution in [0, 0.1) is 13.8 Å². The first-order valence-corrected chi connectivity index (χ1v) is 9.99. The number of aryl methyl sites for hydroxylation is 1. The van der Waals surface area contributed by atoms with Gasteiger partial charge in [-0.25, -0.2) is 0 Å². The molecule has 1 aromatic carbocycles. The third-order valence-electron chi connectivity index (χ3n) is 6.02. The number of fused-ring (bicyclic) bond motifs is 2. The fraction of sp³-hybridized carbons (Fsp3) is 0.429. The molecule has 0 saturated carbocycles. The van der Waals surface area contributed by atoms with E-state index in [-0.39, 0.29) is 18.1 Å². The van der Waals surface area contributed by atoms with Crippen molar-refractivity contribution in [2.45, 2.75) is 39.0 Å². The summed E-state index contributed by atoms with van der Waals surface area (Å²) in [5, 5.41) is 12.8. The zero-order chi connectivity index (χ0) is 20.0. The van der Waals surface area contributed by atoms with Crippen LogP contribution in [-0.2, 0) is 16.1 Å². The number of amides is 1. The van der Waals surface area contributed by atoms with E-state index >= 15 is 0 Å². The van der Waals surface area contributed by atoms with Crippen LogP contribution in [0.1, 0.15) is 23.2 Å². The SMILES string of the molecule is Cc1nn2cnnc2c(N2C[C@@H]3OCCC(=O)N(Cc4ccccc4)[C@H]3C2)c1C. The molecule has 8 heteroatoms. The van der Waals surface area contributed by atoms with Crippen LogP contribution in [-0.4, -0.2) is 62.5 Å². The molecule has 2 aliphatic heterocycles. The first-order chi connectivity index (χ1) is 14.1. The van der Waals surface area contributed by atoms with Gasteiger partial charge in [-0.3, -0.25) is 4.79 Å². The van der Waals surface area contributed by atoms with E-state index in [1.807, 2.05) is 30.0 Å². The molecule has 8 nitrogen and oxygen atoms in total. The molecule has 2 aliphatic rings. The van der Waals surface area contributed by atoms with E-state index in [2.05, 4.69) is 39.3 Å². The highest BCUT2D eigenvalue weighted by atomic mass is 16.5. The van der Waals surface area contributed by atoms with Gasteiger partial charge in [0, 0.05) is 19.6 Å². The van der Waals surface area contributed by atoms with Gasteiger partial charge < -0.3 is 14.5 Å². The number of nitrogens with zero attached hydrogens (tertiary/aromatic N) is 6. The number of hydrogen-bond acceptors (Lipinski definition) is 6. The molecule has 2 atom stereocenters. The van der Waals surface area contributed by atoms with E-state index in [0.29, 0.717) is 26.1 Å². The number of hydrogen-bond donors (Lipinski definition) is 0. The molecule has 1 amide bonds. The van der Waals surface area contributed by atoms with Crippen LogP contribution in [0.2, 0.25) is 0 Å². The van der Waals surface area contributed by atoms with E-state index < -0.39 is 0 Å². The van der Waals surface area contributed by atoms with Crippen LogP contribution >= 0.6 is 0 Å². The van der Waals surface area contributed by atoms with Crippen molar-refractivity contribution in [1.82, 2.24) is 24.7 Å². The van der Waals surface area contributed by atoms with Gasteiger partial charge in [-0.1, -0.05) is 30.3 Å². The van der Waals surface area contributed by atoms with Crippen LogP contribution in [0.15, 0.2) is 36.7 Å². The van der Waals surface area contributed by atoms with Gasteiger partial charge in [0.1, 0.15) is 6.33 Å². The van der Waals surface area contributed by atoms with E-state index in [4.69, 9.17) is 4.74 Å². The molecular weight excluding hydrogens is 368 g/mol. The van der Waals surface area contributed by atoms with Gasteiger partial charge in [-0.2, -0.15) is 9.61 Å². The van der Waals surface area contributed by atoms with Crippen LogP contribution in [0.3, 0.4) is 0 Å². The summed E-state index contributed by atoms with van der Waals surface area (Å²) in [6, 6.07) is 10.2. The Kier molecular flexibility index (Phi) is 4.43. The molecular formula is C21H24N6O2. The number of carbonyl (C=O) groups excluding carboxylic acids is 1. The van der Waals surface area contributed by atoms with Gasteiger partial charge >= 0.3 is 0 Å². The minimum atomic E-state index is -0.0268. The third kappa shape index (κ3) is 3.13. The standard InChI is InChI=1S/C21H24N6O2/c1-14-15(2)24-27-13-22-23-21(27)20(14)25-11-17-18(12-25)29-9-8-19(28)26(17)10-16-6-4-3-5-7-16/h3-7,13,17-18H,8-12H2,1-2H3/t17-,18-/m0/s1. The van der Waals surface area contributed by atoms with Gasteiger partial charge in [0.05, 0.1) is 36.6 Å². The average molecular weight is 392 g/mol. The number of anilines is 1. The Bertz CT molecular complexity index is 1050. The number of benzene rings is 1. The molecule has 2 aromatic heterocycles. The Morgan fingerprint density at radius 1 is 1.17 bits per heavy atom. The molecule has 2 fully saturated rings. The predicted octanol–water partition coefficient (Wildman–Crippen LogP) is 1.75. The minimum absolute atomic E-state index is 0.000971. The summed E-state index contributed by atoms with van der Waals surface area (Å²) in [5.74, 6) is 0.151. The molecule has 5 rings (SSSR count). The quantitative estimate of drug-likeness (QED) is 0.676. The highest BCUT2D eigenvalue weighted by molar-refractivity contribution is 5.78. The molecule has 0 bridgehead atoms. The average Bonchev–Trinajstić information content (AvgIpc) is 3.31. The van der Waals surface area contributed by atoms with Crippen LogP contribution < -0.4 is 4.90 Å². The van der Waals surface area contributed by atoms with Gasteiger partial charge in [0.2, 0.25) is 11.6 Å². The predicted molar refractivity (Wildman–Crippen MR) is 108 cm³/mol. The fourth-order valence-corrected chi connectivity index (χ4v) is 4.43. The maximum Gasteiger partial charge on any atom is 0.225 e. The smallest absolute Gasteiger partial charge is 0.225 e. The van der Waals surface area contributed by atoms with E-state index in [9.17, 15) is 4.79 Å². The summed E-state index contributed by atoms with van der Waals surface area (Å²) in [6.45, 7) is 6.55. The second-order valence-electron chi connectivity index (χ2n) is 7.80. The maximum absolute atomic E-state index is 12.9. The van der Waals surface area contributed by atoms with Crippen molar-refractivity contribution in [2.75, 3.05) is 24.6 Å². The Hall–Kier alpha value is -3.00. The second kappa shape index (κ2) is 7.11. The zero-order valence-corrected chi connectivity index (χ0v) is 16.7. The molecule has 3 aromatic rings. The molecule has 4 heterocycles. The lowest BCUT2D eigenvalue weighted by atomic mass is 10.1. The molecule has 150 valence electrons. The van der Waals surface area contributed by atoms with Gasteiger partial charge in [0.15, 0.2) is 0 Å². The molecule has 0 N–H and O–H groups in total. The molecule has 0 aliphatic carbocycles. The summed E-state index contributed by atoms with van der Waals surface area (Å²) in [5.41, 5.74) is 4.93. The van der Waals surface area contributed by atoms with Gasteiger partial charge in [-0.05, 0) is 25.0 Å². The highest BCUT2D eigenvalue weighted by Crippen LogP contribution is 2.33. The topological polar surface area (TPSA) is 75.9 Å². The summed E-state index contributed by atoms with van der Waals surface area (Å²) >= 11 is 0. The Morgan fingerprint density at radius 3 is 2.83 bits per heavy atom. The first-order valence-electron chi connectivity index (χ1n) is 9.99. The van der Waals surface area contributed by atoms with Crippen molar-refractivity contribution in [3.63, 3.8) is 0 Å². The second-order valence-corrected chi connectivity index (χ2v) is 7.80. The molecule has 0 radical (unpaired) electrons. The fourth-order valence-electron chi connectivity index (χ4n) is 4.43. The maximum atomic E-state index is 12.9. The summed E-state index contributed by atoms with van der Waals surface area (Å²) < 4.78 is 7.84. The normalized spacial score (nSPS) is 22.2. The largest absolute Gasteiger partial charge is 0.374 e. The summed E-state index contributed by atoms with van der Waals surface area (Å²) in [4.78, 5) is 17.2. The lowest BCUT2D eigenvalue weighted by molar-refractivity contribution is -0.133. The molecule has 0 unspecified atom stereocenters. The van der Waals surface area contributed by atoms with E-state index in [1.54, 1.807) is 10.8 Å². The van der Waals surface area contributed by atoms with Crippen LogP contribution in [0.4, 0.5) is 5.69 Å². The van der Waals surface area contributed by atoms with E-state index in [0.717, 1.165) is 34.7 Å². The Morgan fingerprint density at radius 2 is 2.00 bits per heavy atom. The summed E-state index contributed by atoms with van der Waals surface area (Å²) in [7, 11) is 0. The van der Waals surface area contributed by atoms with Crippen molar-refractivity contribution >= 4 is 17.2 Å². The number of aromatic nitrogens is 4. The number of carbonyl (C=O) groups is 1. The molecule has 0 spiro atoms. The Labute approximate surface area is 169 Å². The highest BCUT2D eigenvalue weighted by Gasteiger charge is 2.42.